The third-order valence-corrected chi connectivity index (χ3v) is 8.83. The molecule has 0 heterocycles. The maximum Gasteiger partial charge on any atom is 0.253 e. The lowest BCUT2D eigenvalue weighted by molar-refractivity contribution is -0.117. The molecule has 0 radical (unpaired) electrons. The van der Waals surface area contributed by atoms with Gasteiger partial charge in [0, 0.05) is 19.2 Å². The largest absolute Gasteiger partial charge is 0.490 e. The molecule has 0 saturated heterocycles. The van der Waals surface area contributed by atoms with Crippen LogP contribution in [0.2, 0.25) is 0 Å². The minimum atomic E-state index is -1.75. The van der Waals surface area contributed by atoms with Gasteiger partial charge in [-0.1, -0.05) is 129 Å². The van der Waals surface area contributed by atoms with Gasteiger partial charge in [-0.3, -0.25) is 4.79 Å². The molecular formula is C38H69NO8. The number of rotatable bonds is 31. The summed E-state index contributed by atoms with van der Waals surface area (Å²) in [5.41, 5.74) is 0.342. The van der Waals surface area contributed by atoms with Crippen molar-refractivity contribution in [3.05, 3.63) is 23.8 Å². The lowest BCUT2D eigenvalue weighted by Crippen LogP contribution is -2.49. The minimum Gasteiger partial charge on any atom is -0.490 e. The molecule has 0 aliphatic rings. The monoisotopic (exact) mass is 668 g/mol. The first-order chi connectivity index (χ1) is 22.8. The van der Waals surface area contributed by atoms with Crippen molar-refractivity contribution in [3.8, 4) is 11.5 Å². The number of nitrogens with zero attached hydrogens (tertiary/aromatic N) is 1. The first-order valence-electron chi connectivity index (χ1n) is 18.7. The number of likely N-dealkylation sites (N-methyl/N-ethyl adjacent to an activating group) is 1. The second-order valence-electron chi connectivity index (χ2n) is 13.2. The number of benzene rings is 1. The van der Waals surface area contributed by atoms with E-state index in [-0.39, 0.29) is 6.54 Å². The fourth-order valence-electron chi connectivity index (χ4n) is 5.67. The lowest BCUT2D eigenvalue weighted by atomic mass is 10.0. The fourth-order valence-corrected chi connectivity index (χ4v) is 5.67. The van der Waals surface area contributed by atoms with Crippen molar-refractivity contribution in [1.29, 1.82) is 0 Å². The van der Waals surface area contributed by atoms with E-state index >= 15 is 0 Å². The van der Waals surface area contributed by atoms with Crippen LogP contribution in [0, 0.1) is 0 Å². The number of aliphatic hydroxyl groups excluding tert-OH is 5. The molecule has 0 spiro atoms. The number of hydrogen-bond acceptors (Lipinski definition) is 8. The summed E-state index contributed by atoms with van der Waals surface area (Å²) in [6.07, 6.45) is 18.1. The van der Waals surface area contributed by atoms with Gasteiger partial charge in [0.1, 0.15) is 24.4 Å². The number of unbranched alkanes of at least 4 members (excludes halogenated alkanes) is 18. The quantitative estimate of drug-likeness (QED) is 0.0546. The normalized spacial score (nSPS) is 14.0. The third-order valence-electron chi connectivity index (χ3n) is 8.83. The molecule has 1 rings (SSSR count). The Morgan fingerprint density at radius 2 is 1.02 bits per heavy atom. The summed E-state index contributed by atoms with van der Waals surface area (Å²) in [5, 5.41) is 49.0. The van der Waals surface area contributed by atoms with Gasteiger partial charge < -0.3 is 39.9 Å². The molecule has 0 saturated carbocycles. The highest BCUT2D eigenvalue weighted by atomic mass is 16.5. The number of aliphatic hydroxyl groups is 5. The highest BCUT2D eigenvalue weighted by Gasteiger charge is 2.31. The molecule has 1 amide bonds. The number of carbonyl (C=O) groups excluding carboxylic acids is 1. The Morgan fingerprint density at radius 1 is 0.617 bits per heavy atom. The van der Waals surface area contributed by atoms with Crippen LogP contribution in [0.25, 0.3) is 0 Å². The first-order valence-corrected chi connectivity index (χ1v) is 18.7. The molecule has 47 heavy (non-hydrogen) atoms. The van der Waals surface area contributed by atoms with Crippen molar-refractivity contribution < 1.29 is 39.8 Å². The Bertz CT molecular complexity index is 900. The summed E-state index contributed by atoms with van der Waals surface area (Å²) >= 11 is 0. The Hall–Kier alpha value is -1.91. The summed E-state index contributed by atoms with van der Waals surface area (Å²) in [7, 11) is 1.48. The van der Waals surface area contributed by atoms with E-state index < -0.39 is 36.9 Å². The molecule has 0 bridgehead atoms. The number of carbonyl (C=O) groups is 1. The van der Waals surface area contributed by atoms with Crippen molar-refractivity contribution in [3.63, 3.8) is 0 Å². The minimum absolute atomic E-state index is 0.291. The van der Waals surface area contributed by atoms with E-state index in [1.165, 1.54) is 115 Å². The van der Waals surface area contributed by atoms with Crippen LogP contribution in [0.1, 0.15) is 153 Å². The van der Waals surface area contributed by atoms with Crippen LogP contribution in [0.15, 0.2) is 18.2 Å². The smallest absolute Gasteiger partial charge is 0.253 e. The molecule has 5 N–H and O–H groups in total. The van der Waals surface area contributed by atoms with Gasteiger partial charge in [-0.15, -0.1) is 0 Å². The maximum absolute atomic E-state index is 13.2. The highest BCUT2D eigenvalue weighted by molar-refractivity contribution is 5.94. The standard InChI is InChI=1S/C38H69NO8/c1-4-6-8-10-12-14-16-18-20-22-26-46-34-25-24-31(38(45)39(3)29-32(41)36(43)37(44)33(42)30-40)28-35(34)47-27-23-21-19-17-15-13-11-9-7-5-2/h24-25,28,32-33,36-37,40-44H,4-23,26-27,29-30H2,1-3H3/t32-,33+,36+,37+/m0/s1. The SMILES string of the molecule is CCCCCCCCCCCCOc1ccc(C(=O)N(C)C[C@H](O)[C@@H](O)[C@H](O)[C@H](O)CO)cc1OCCCCCCCCCCCC. The molecule has 9 heteroatoms. The lowest BCUT2D eigenvalue weighted by Gasteiger charge is -2.28. The molecule has 1 aromatic rings. The second-order valence-corrected chi connectivity index (χ2v) is 13.2. The highest BCUT2D eigenvalue weighted by Crippen LogP contribution is 2.30. The molecule has 4 atom stereocenters. The summed E-state index contributed by atoms with van der Waals surface area (Å²) in [6.45, 7) is 4.52. The fraction of sp³-hybridized carbons (Fsp3) is 0.816. The number of hydrogen-bond donors (Lipinski definition) is 5. The summed E-state index contributed by atoms with van der Waals surface area (Å²) in [4.78, 5) is 14.5. The molecule has 0 unspecified atom stereocenters. The van der Waals surface area contributed by atoms with E-state index in [1.807, 2.05) is 0 Å². The first kappa shape index (κ1) is 43.1. The van der Waals surface area contributed by atoms with Gasteiger partial charge >= 0.3 is 0 Å². The zero-order valence-corrected chi connectivity index (χ0v) is 29.9. The average molecular weight is 668 g/mol. The zero-order chi connectivity index (χ0) is 34.7. The van der Waals surface area contributed by atoms with E-state index in [9.17, 15) is 25.2 Å². The topological polar surface area (TPSA) is 140 Å². The van der Waals surface area contributed by atoms with Crippen LogP contribution < -0.4 is 9.47 Å². The molecule has 0 aromatic heterocycles. The van der Waals surface area contributed by atoms with Crippen LogP contribution in [-0.2, 0) is 0 Å². The van der Waals surface area contributed by atoms with E-state index in [0.29, 0.717) is 30.3 Å². The van der Waals surface area contributed by atoms with E-state index in [2.05, 4.69) is 13.8 Å². The van der Waals surface area contributed by atoms with E-state index in [4.69, 9.17) is 14.6 Å². The van der Waals surface area contributed by atoms with E-state index in [0.717, 1.165) is 25.7 Å². The van der Waals surface area contributed by atoms with Crippen molar-refractivity contribution in [2.75, 3.05) is 33.4 Å². The summed E-state index contributed by atoms with van der Waals surface area (Å²) < 4.78 is 12.3. The van der Waals surface area contributed by atoms with Crippen LogP contribution >= 0.6 is 0 Å². The summed E-state index contributed by atoms with van der Waals surface area (Å²) in [6, 6.07) is 5.07. The van der Waals surface area contributed by atoms with Crippen molar-refractivity contribution in [2.24, 2.45) is 0 Å². The Morgan fingerprint density at radius 3 is 1.47 bits per heavy atom. The second kappa shape index (κ2) is 28.0. The van der Waals surface area contributed by atoms with Gasteiger partial charge in [-0.05, 0) is 31.0 Å². The molecule has 0 aliphatic carbocycles. The molecular weight excluding hydrogens is 598 g/mol. The van der Waals surface area contributed by atoms with Gasteiger partial charge in [-0.2, -0.15) is 0 Å². The maximum atomic E-state index is 13.2. The van der Waals surface area contributed by atoms with Gasteiger partial charge in [0.05, 0.1) is 19.8 Å². The van der Waals surface area contributed by atoms with Crippen molar-refractivity contribution in [1.82, 2.24) is 4.90 Å². The van der Waals surface area contributed by atoms with Gasteiger partial charge in [0.15, 0.2) is 11.5 Å². The number of ether oxygens (including phenoxy) is 2. The Kier molecular flexibility index (Phi) is 25.7. The molecule has 0 aliphatic heterocycles. The van der Waals surface area contributed by atoms with Crippen LogP contribution in [0.4, 0.5) is 0 Å². The third kappa shape index (κ3) is 19.6. The van der Waals surface area contributed by atoms with Crippen LogP contribution in [0.3, 0.4) is 0 Å². The predicted octanol–water partition coefficient (Wildman–Crippen LogP) is 6.79. The van der Waals surface area contributed by atoms with Crippen LogP contribution in [0.5, 0.6) is 11.5 Å². The van der Waals surface area contributed by atoms with Gasteiger partial charge in [-0.25, -0.2) is 0 Å². The molecule has 1 aromatic carbocycles. The van der Waals surface area contributed by atoms with Gasteiger partial charge in [0.25, 0.3) is 5.91 Å². The Balaban J connectivity index is 2.67. The Labute approximate surface area is 285 Å². The summed E-state index contributed by atoms with van der Waals surface area (Å²) in [5.74, 6) is 0.705. The average Bonchev–Trinajstić information content (AvgIpc) is 3.08. The van der Waals surface area contributed by atoms with Crippen LogP contribution in [-0.4, -0.2) is 94.2 Å². The zero-order valence-electron chi connectivity index (χ0n) is 29.9. The predicted molar refractivity (Wildman–Crippen MR) is 189 cm³/mol. The van der Waals surface area contributed by atoms with Gasteiger partial charge in [0.2, 0.25) is 0 Å². The van der Waals surface area contributed by atoms with E-state index in [1.54, 1.807) is 18.2 Å². The van der Waals surface area contributed by atoms with Crippen molar-refractivity contribution >= 4 is 5.91 Å². The molecule has 0 fully saturated rings. The number of amides is 1. The molecule has 9 nitrogen and oxygen atoms in total. The van der Waals surface area contributed by atoms with Crippen molar-refractivity contribution in [2.45, 2.75) is 167 Å². The molecule has 274 valence electrons.